The van der Waals surface area contributed by atoms with Crippen LogP contribution < -0.4 is 5.32 Å². The molecule has 5 rings (SSSR count). The fourth-order valence-corrected chi connectivity index (χ4v) is 4.83. The zero-order valence-corrected chi connectivity index (χ0v) is 20.5. The number of carbonyl (C=O) groups is 1. The van der Waals surface area contributed by atoms with Gasteiger partial charge < -0.3 is 10.2 Å². The van der Waals surface area contributed by atoms with E-state index in [1.807, 2.05) is 7.05 Å². The molecule has 0 aliphatic carbocycles. The first-order valence-electron chi connectivity index (χ1n) is 11.8. The van der Waals surface area contributed by atoms with Crippen molar-refractivity contribution in [1.82, 2.24) is 29.5 Å². The molecule has 0 bridgehead atoms. The largest absolute Gasteiger partial charge is 0.336 e. The highest BCUT2D eigenvalue weighted by molar-refractivity contribution is 5.95. The molecule has 1 saturated heterocycles. The lowest BCUT2D eigenvalue weighted by atomic mass is 10.1. The Labute approximate surface area is 210 Å². The van der Waals surface area contributed by atoms with Crippen LogP contribution in [0.4, 0.5) is 13.2 Å². The van der Waals surface area contributed by atoms with Gasteiger partial charge in [0, 0.05) is 37.8 Å². The predicted molar refractivity (Wildman–Crippen MR) is 131 cm³/mol. The van der Waals surface area contributed by atoms with Crippen molar-refractivity contribution in [2.75, 3.05) is 20.1 Å². The van der Waals surface area contributed by atoms with Gasteiger partial charge in [-0.25, -0.2) is 18.4 Å². The van der Waals surface area contributed by atoms with E-state index in [1.165, 1.54) is 29.8 Å². The number of hydrogen-bond acceptors (Lipinski definition) is 5. The normalized spacial score (nSPS) is 15.8. The van der Waals surface area contributed by atoms with Crippen molar-refractivity contribution >= 4 is 16.8 Å². The van der Waals surface area contributed by atoms with E-state index < -0.39 is 17.6 Å². The molecular formula is C26H24F3N7O. The fraction of sp³-hybridized carbons (Fsp3) is 0.308. The second-order valence-corrected chi connectivity index (χ2v) is 9.13. The molecule has 1 aliphatic heterocycles. The number of likely N-dealkylation sites (tertiary alicyclic amines) is 1. The summed E-state index contributed by atoms with van der Waals surface area (Å²) in [5, 5.41) is 16.4. The van der Waals surface area contributed by atoms with Crippen molar-refractivity contribution in [3.8, 4) is 23.1 Å². The quantitative estimate of drug-likeness (QED) is 0.453. The number of imidazole rings is 1. The van der Waals surface area contributed by atoms with Crippen LogP contribution in [-0.4, -0.2) is 56.3 Å². The molecule has 1 N–H and O–H groups in total. The first-order chi connectivity index (χ1) is 17.7. The van der Waals surface area contributed by atoms with Crippen LogP contribution in [0.25, 0.3) is 28.0 Å². The lowest BCUT2D eigenvalue weighted by Crippen LogP contribution is -2.47. The van der Waals surface area contributed by atoms with Crippen LogP contribution in [0.1, 0.15) is 34.6 Å². The minimum Gasteiger partial charge on any atom is -0.336 e. The van der Waals surface area contributed by atoms with E-state index >= 15 is 4.39 Å². The Balaban J connectivity index is 1.72. The second kappa shape index (κ2) is 9.37. The molecule has 4 aromatic rings. The molecule has 2 aromatic carbocycles. The number of fused-ring (bicyclic) bond motifs is 1. The summed E-state index contributed by atoms with van der Waals surface area (Å²) in [4.78, 5) is 19.8. The third kappa shape index (κ3) is 4.13. The highest BCUT2D eigenvalue weighted by atomic mass is 19.1. The summed E-state index contributed by atoms with van der Waals surface area (Å²) < 4.78 is 47.1. The zero-order valence-electron chi connectivity index (χ0n) is 20.5. The minimum atomic E-state index is -0.776. The molecule has 0 unspecified atom stereocenters. The Morgan fingerprint density at radius 3 is 2.68 bits per heavy atom. The number of hydrogen-bond donors (Lipinski definition) is 1. The molecule has 1 amide bonds. The molecule has 1 atom stereocenters. The van der Waals surface area contributed by atoms with Gasteiger partial charge in [-0.1, -0.05) is 0 Å². The van der Waals surface area contributed by atoms with Gasteiger partial charge in [0.15, 0.2) is 0 Å². The van der Waals surface area contributed by atoms with E-state index in [9.17, 15) is 13.6 Å². The molecule has 0 saturated carbocycles. The first kappa shape index (κ1) is 24.5. The molecule has 0 spiro atoms. The van der Waals surface area contributed by atoms with Gasteiger partial charge >= 0.3 is 0 Å². The predicted octanol–water partition coefficient (Wildman–Crippen LogP) is 3.85. The van der Waals surface area contributed by atoms with Crippen molar-refractivity contribution in [3.63, 3.8) is 0 Å². The zero-order chi connectivity index (χ0) is 26.4. The third-order valence-electron chi connectivity index (χ3n) is 6.84. The Hall–Kier alpha value is -4.17. The van der Waals surface area contributed by atoms with Crippen LogP contribution in [0, 0.1) is 35.8 Å². The molecule has 190 valence electrons. The van der Waals surface area contributed by atoms with Crippen LogP contribution in [0.2, 0.25) is 0 Å². The summed E-state index contributed by atoms with van der Waals surface area (Å²) in [6.45, 7) is 2.65. The summed E-state index contributed by atoms with van der Waals surface area (Å²) in [5.41, 5.74) is 0.548. The molecule has 1 aliphatic rings. The van der Waals surface area contributed by atoms with Crippen molar-refractivity contribution in [2.45, 2.75) is 25.8 Å². The molecule has 11 heteroatoms. The van der Waals surface area contributed by atoms with E-state index in [1.54, 1.807) is 17.9 Å². The Kier molecular flexibility index (Phi) is 6.21. The first-order valence-corrected chi connectivity index (χ1v) is 11.8. The van der Waals surface area contributed by atoms with E-state index in [0.717, 1.165) is 29.7 Å². The summed E-state index contributed by atoms with van der Waals surface area (Å²) in [7, 11) is 3.25. The van der Waals surface area contributed by atoms with Gasteiger partial charge in [0.05, 0.1) is 27.8 Å². The summed E-state index contributed by atoms with van der Waals surface area (Å²) in [6.07, 6.45) is 1.75. The number of piperidine rings is 1. The van der Waals surface area contributed by atoms with Crippen molar-refractivity contribution in [2.24, 2.45) is 7.05 Å². The standard InChI is InChI=1S/C26H24F3N7O/c1-14-23(26(37)35-8-4-5-17(13-35)31-2)32-25(15-6-7-16(12-30)19(27)9-15)36(14)22-10-18-21(11-20(22)28)33-34(3)24(18)29/h6-7,9-11,17,31H,4-5,8,13H2,1-3H3/t17-/m0/s1. The van der Waals surface area contributed by atoms with Crippen molar-refractivity contribution in [3.05, 3.63) is 64.9 Å². The highest BCUT2D eigenvalue weighted by Crippen LogP contribution is 2.32. The van der Waals surface area contributed by atoms with Gasteiger partial charge in [-0.3, -0.25) is 9.36 Å². The lowest BCUT2D eigenvalue weighted by Gasteiger charge is -2.32. The Morgan fingerprint density at radius 2 is 1.97 bits per heavy atom. The summed E-state index contributed by atoms with van der Waals surface area (Å²) in [5.74, 6) is -2.38. The number of rotatable bonds is 4. The van der Waals surface area contributed by atoms with Gasteiger partial charge in [-0.15, -0.1) is 0 Å². The summed E-state index contributed by atoms with van der Waals surface area (Å²) in [6, 6.07) is 8.21. The van der Waals surface area contributed by atoms with E-state index in [0.29, 0.717) is 18.8 Å². The molecular weight excluding hydrogens is 483 g/mol. The third-order valence-corrected chi connectivity index (χ3v) is 6.84. The monoisotopic (exact) mass is 507 g/mol. The molecule has 2 aromatic heterocycles. The van der Waals surface area contributed by atoms with Crippen molar-refractivity contribution < 1.29 is 18.0 Å². The number of likely N-dealkylation sites (N-methyl/N-ethyl adjacent to an activating group) is 1. The average Bonchev–Trinajstić information content (AvgIpc) is 3.38. The second-order valence-electron chi connectivity index (χ2n) is 9.13. The Morgan fingerprint density at radius 1 is 1.19 bits per heavy atom. The number of nitrogens with zero attached hydrogens (tertiary/aromatic N) is 6. The van der Waals surface area contributed by atoms with E-state index in [2.05, 4.69) is 15.4 Å². The van der Waals surface area contributed by atoms with E-state index in [4.69, 9.17) is 5.26 Å². The van der Waals surface area contributed by atoms with Crippen molar-refractivity contribution in [1.29, 1.82) is 5.26 Å². The fourth-order valence-electron chi connectivity index (χ4n) is 4.83. The maximum absolute atomic E-state index is 15.4. The van der Waals surface area contributed by atoms with Crippen LogP contribution >= 0.6 is 0 Å². The molecule has 3 heterocycles. The topological polar surface area (TPSA) is 91.8 Å². The lowest BCUT2D eigenvalue weighted by molar-refractivity contribution is 0.0692. The molecule has 1 fully saturated rings. The van der Waals surface area contributed by atoms with E-state index in [-0.39, 0.29) is 51.2 Å². The van der Waals surface area contributed by atoms with Crippen LogP contribution in [0.15, 0.2) is 30.3 Å². The number of benzene rings is 2. The molecule has 8 nitrogen and oxygen atoms in total. The number of aromatic nitrogens is 4. The maximum Gasteiger partial charge on any atom is 0.274 e. The smallest absolute Gasteiger partial charge is 0.274 e. The van der Waals surface area contributed by atoms with Gasteiger partial charge in [-0.2, -0.15) is 14.8 Å². The van der Waals surface area contributed by atoms with Gasteiger partial charge in [0.1, 0.15) is 29.2 Å². The summed E-state index contributed by atoms with van der Waals surface area (Å²) >= 11 is 0. The number of halogens is 3. The minimum absolute atomic E-state index is 0.0602. The number of nitriles is 1. The van der Waals surface area contributed by atoms with Crippen LogP contribution in [-0.2, 0) is 7.05 Å². The SMILES string of the molecule is CN[C@H]1CCCN(C(=O)c2nc(-c3ccc(C#N)c(F)c3)n(-c3cc4c(F)n(C)nc4cc3F)c2C)C1. The number of carbonyl (C=O) groups excluding carboxylic acids is 1. The maximum atomic E-state index is 15.4. The van der Waals surface area contributed by atoms with Gasteiger partial charge in [-0.05, 0) is 51.1 Å². The van der Waals surface area contributed by atoms with Gasteiger partial charge in [0.2, 0.25) is 5.95 Å². The van der Waals surface area contributed by atoms with Gasteiger partial charge in [0.25, 0.3) is 5.91 Å². The Bertz CT molecular complexity index is 1580. The number of aryl methyl sites for hydroxylation is 1. The highest BCUT2D eigenvalue weighted by Gasteiger charge is 2.30. The number of amides is 1. The molecule has 37 heavy (non-hydrogen) atoms. The number of nitrogens with one attached hydrogen (secondary N) is 1. The average molecular weight is 508 g/mol. The van der Waals surface area contributed by atoms with Crippen LogP contribution in [0.3, 0.4) is 0 Å². The van der Waals surface area contributed by atoms with Crippen LogP contribution in [0.5, 0.6) is 0 Å². The molecule has 0 radical (unpaired) electrons.